The summed E-state index contributed by atoms with van der Waals surface area (Å²) < 4.78 is 0. The molecule has 1 atom stereocenters. The molecule has 2 aromatic rings. The SMILES string of the molecule is ClCCS[C@@H](c1ccccc1)c1ccc(Cl)cc1. The van der Waals surface area contributed by atoms with E-state index in [1.165, 1.54) is 11.1 Å². The topological polar surface area (TPSA) is 0 Å². The minimum Gasteiger partial charge on any atom is -0.148 e. The Bertz CT molecular complexity index is 468. The number of hydrogen-bond acceptors (Lipinski definition) is 1. The lowest BCUT2D eigenvalue weighted by Gasteiger charge is -2.17. The third-order valence-corrected chi connectivity index (χ3v) is 4.62. The molecule has 0 fully saturated rings. The summed E-state index contributed by atoms with van der Waals surface area (Å²) in [7, 11) is 0. The molecule has 0 saturated carbocycles. The van der Waals surface area contributed by atoms with Crippen molar-refractivity contribution in [2.75, 3.05) is 11.6 Å². The minimum atomic E-state index is 0.321. The van der Waals surface area contributed by atoms with E-state index in [0.717, 1.165) is 10.8 Å². The van der Waals surface area contributed by atoms with E-state index < -0.39 is 0 Å². The zero-order chi connectivity index (χ0) is 12.8. The van der Waals surface area contributed by atoms with Gasteiger partial charge in [-0.3, -0.25) is 0 Å². The first kappa shape index (κ1) is 13.8. The predicted molar refractivity (Wildman–Crippen MR) is 82.9 cm³/mol. The largest absolute Gasteiger partial charge is 0.148 e. The number of benzene rings is 2. The highest BCUT2D eigenvalue weighted by Crippen LogP contribution is 2.35. The Morgan fingerprint density at radius 3 is 2.11 bits per heavy atom. The Hall–Kier alpha value is -0.630. The molecule has 3 heteroatoms. The zero-order valence-electron chi connectivity index (χ0n) is 9.85. The van der Waals surface area contributed by atoms with Crippen LogP contribution in [0.15, 0.2) is 54.6 Å². The maximum Gasteiger partial charge on any atom is 0.0546 e. The summed E-state index contributed by atoms with van der Waals surface area (Å²) in [6.45, 7) is 0. The molecular weight excluding hydrogens is 283 g/mol. The lowest BCUT2D eigenvalue weighted by molar-refractivity contribution is 1.15. The Morgan fingerprint density at radius 2 is 1.50 bits per heavy atom. The molecule has 0 aliphatic carbocycles. The molecule has 0 unspecified atom stereocenters. The summed E-state index contributed by atoms with van der Waals surface area (Å²) in [6.07, 6.45) is 0. The average molecular weight is 297 g/mol. The molecule has 0 nitrogen and oxygen atoms in total. The van der Waals surface area contributed by atoms with Gasteiger partial charge in [0.2, 0.25) is 0 Å². The molecule has 0 N–H and O–H groups in total. The van der Waals surface area contributed by atoms with E-state index in [9.17, 15) is 0 Å². The molecule has 0 aromatic heterocycles. The van der Waals surface area contributed by atoms with Crippen LogP contribution < -0.4 is 0 Å². The van der Waals surface area contributed by atoms with Gasteiger partial charge in [0.05, 0.1) is 5.25 Å². The van der Waals surface area contributed by atoms with Gasteiger partial charge in [0.1, 0.15) is 0 Å². The summed E-state index contributed by atoms with van der Waals surface area (Å²) in [5.74, 6) is 1.60. The van der Waals surface area contributed by atoms with Gasteiger partial charge in [0.15, 0.2) is 0 Å². The first-order valence-electron chi connectivity index (χ1n) is 5.79. The first-order chi connectivity index (χ1) is 8.81. The predicted octanol–water partition coefficient (Wildman–Crippen LogP) is 5.40. The molecule has 0 spiro atoms. The quantitative estimate of drug-likeness (QED) is 0.666. The fraction of sp³-hybridized carbons (Fsp3) is 0.200. The monoisotopic (exact) mass is 296 g/mol. The van der Waals surface area contributed by atoms with E-state index >= 15 is 0 Å². The normalized spacial score (nSPS) is 12.3. The van der Waals surface area contributed by atoms with Gasteiger partial charge in [0.25, 0.3) is 0 Å². The Labute approximate surface area is 122 Å². The van der Waals surface area contributed by atoms with Crippen molar-refractivity contribution in [2.45, 2.75) is 5.25 Å². The third kappa shape index (κ3) is 3.68. The van der Waals surface area contributed by atoms with Gasteiger partial charge in [0, 0.05) is 16.7 Å². The number of alkyl halides is 1. The Kier molecular flexibility index (Phi) is 5.43. The maximum atomic E-state index is 5.94. The lowest BCUT2D eigenvalue weighted by atomic mass is 10.0. The fourth-order valence-corrected chi connectivity index (χ4v) is 3.23. The second kappa shape index (κ2) is 7.08. The average Bonchev–Trinajstić information content (AvgIpc) is 2.42. The molecule has 0 amide bonds. The summed E-state index contributed by atoms with van der Waals surface area (Å²) in [4.78, 5) is 0. The second-order valence-electron chi connectivity index (χ2n) is 3.90. The highest BCUT2D eigenvalue weighted by molar-refractivity contribution is 7.99. The van der Waals surface area contributed by atoms with Gasteiger partial charge in [-0.2, -0.15) is 0 Å². The Balaban J connectivity index is 2.27. The van der Waals surface area contributed by atoms with Crippen molar-refractivity contribution in [1.82, 2.24) is 0 Å². The van der Waals surface area contributed by atoms with Gasteiger partial charge in [-0.25, -0.2) is 0 Å². The van der Waals surface area contributed by atoms with Crippen molar-refractivity contribution < 1.29 is 0 Å². The number of hydrogen-bond donors (Lipinski definition) is 0. The highest BCUT2D eigenvalue weighted by Gasteiger charge is 2.13. The van der Waals surface area contributed by atoms with Gasteiger partial charge in [-0.1, -0.05) is 54.1 Å². The van der Waals surface area contributed by atoms with Crippen LogP contribution in [0.5, 0.6) is 0 Å². The molecule has 0 heterocycles. The first-order valence-corrected chi connectivity index (χ1v) is 7.75. The molecule has 2 rings (SSSR count). The molecule has 18 heavy (non-hydrogen) atoms. The van der Waals surface area contributed by atoms with Crippen molar-refractivity contribution in [3.63, 3.8) is 0 Å². The molecule has 94 valence electrons. The number of thioether (sulfide) groups is 1. The van der Waals surface area contributed by atoms with Crippen molar-refractivity contribution in [2.24, 2.45) is 0 Å². The molecule has 0 radical (unpaired) electrons. The summed E-state index contributed by atoms with van der Waals surface area (Å²) in [5, 5.41) is 1.09. The van der Waals surface area contributed by atoms with E-state index in [1.807, 2.05) is 30.0 Å². The number of rotatable bonds is 5. The van der Waals surface area contributed by atoms with Crippen LogP contribution in [0.4, 0.5) is 0 Å². The van der Waals surface area contributed by atoms with Gasteiger partial charge < -0.3 is 0 Å². The van der Waals surface area contributed by atoms with Crippen LogP contribution in [0.25, 0.3) is 0 Å². The summed E-state index contributed by atoms with van der Waals surface area (Å²) in [5.41, 5.74) is 2.57. The fourth-order valence-electron chi connectivity index (χ4n) is 1.81. The maximum absolute atomic E-state index is 5.94. The molecule has 0 aliphatic heterocycles. The van der Waals surface area contributed by atoms with Crippen molar-refractivity contribution in [3.05, 3.63) is 70.7 Å². The van der Waals surface area contributed by atoms with Gasteiger partial charge in [-0.05, 0) is 23.3 Å². The van der Waals surface area contributed by atoms with E-state index in [1.54, 1.807) is 0 Å². The minimum absolute atomic E-state index is 0.321. The lowest BCUT2D eigenvalue weighted by Crippen LogP contribution is -1.98. The van der Waals surface area contributed by atoms with E-state index in [2.05, 4.69) is 36.4 Å². The van der Waals surface area contributed by atoms with Crippen molar-refractivity contribution in [1.29, 1.82) is 0 Å². The van der Waals surface area contributed by atoms with Crippen LogP contribution in [0.2, 0.25) is 5.02 Å². The van der Waals surface area contributed by atoms with Crippen LogP contribution in [-0.4, -0.2) is 11.6 Å². The van der Waals surface area contributed by atoms with Crippen LogP contribution in [-0.2, 0) is 0 Å². The highest BCUT2D eigenvalue weighted by atomic mass is 35.5. The van der Waals surface area contributed by atoms with Gasteiger partial charge >= 0.3 is 0 Å². The zero-order valence-corrected chi connectivity index (χ0v) is 12.2. The Morgan fingerprint density at radius 1 is 0.889 bits per heavy atom. The standard InChI is InChI=1S/C15H14Cl2S/c16-10-11-18-15(12-4-2-1-3-5-12)13-6-8-14(17)9-7-13/h1-9,15H,10-11H2/t15-/m0/s1. The summed E-state index contributed by atoms with van der Waals surface area (Å²) in [6, 6.07) is 18.5. The van der Waals surface area contributed by atoms with Crippen LogP contribution in [0, 0.1) is 0 Å². The molecular formula is C15H14Cl2S. The molecule has 0 bridgehead atoms. The molecule has 0 saturated heterocycles. The van der Waals surface area contributed by atoms with Gasteiger partial charge in [-0.15, -0.1) is 23.4 Å². The van der Waals surface area contributed by atoms with Crippen LogP contribution in [0.3, 0.4) is 0 Å². The van der Waals surface area contributed by atoms with Crippen molar-refractivity contribution >= 4 is 35.0 Å². The van der Waals surface area contributed by atoms with Crippen LogP contribution in [0.1, 0.15) is 16.4 Å². The molecule has 0 aliphatic rings. The van der Waals surface area contributed by atoms with E-state index in [4.69, 9.17) is 23.2 Å². The van der Waals surface area contributed by atoms with Crippen LogP contribution >= 0.6 is 35.0 Å². The van der Waals surface area contributed by atoms with E-state index in [0.29, 0.717) is 11.1 Å². The molecule has 2 aromatic carbocycles. The third-order valence-electron chi connectivity index (χ3n) is 2.64. The second-order valence-corrected chi connectivity index (χ2v) is 5.93. The smallest absolute Gasteiger partial charge is 0.0546 e. The van der Waals surface area contributed by atoms with E-state index in [-0.39, 0.29) is 0 Å². The summed E-state index contributed by atoms with van der Waals surface area (Å²) >= 11 is 13.6. The van der Waals surface area contributed by atoms with Crippen molar-refractivity contribution in [3.8, 4) is 0 Å². The number of halogens is 2.